The Kier molecular flexibility index (Phi) is 4.50. The lowest BCUT2D eigenvalue weighted by molar-refractivity contribution is 0.0636. The SMILES string of the molecule is O=C(NCC1CCOCC1)c1nc(-c2cnc3c(c2Cl)C=CC3)no1. The first-order chi connectivity index (χ1) is 12.2. The van der Waals surface area contributed by atoms with Gasteiger partial charge in [0.2, 0.25) is 5.82 Å². The van der Waals surface area contributed by atoms with Crippen LogP contribution in [0.15, 0.2) is 16.8 Å². The molecule has 0 radical (unpaired) electrons. The molecule has 25 heavy (non-hydrogen) atoms. The molecule has 1 saturated heterocycles. The monoisotopic (exact) mass is 360 g/mol. The summed E-state index contributed by atoms with van der Waals surface area (Å²) in [5, 5.41) is 7.23. The topological polar surface area (TPSA) is 90.1 Å². The van der Waals surface area contributed by atoms with Crippen LogP contribution in [0.25, 0.3) is 17.5 Å². The predicted octanol–water partition coefficient (Wildman–Crippen LogP) is 2.51. The zero-order valence-electron chi connectivity index (χ0n) is 13.5. The summed E-state index contributed by atoms with van der Waals surface area (Å²) in [6, 6.07) is 0. The maximum absolute atomic E-state index is 12.2. The van der Waals surface area contributed by atoms with Gasteiger partial charge in [-0.05, 0) is 18.8 Å². The van der Waals surface area contributed by atoms with E-state index in [0.29, 0.717) is 23.0 Å². The highest BCUT2D eigenvalue weighted by molar-refractivity contribution is 6.34. The molecular formula is C17H17ClN4O3. The van der Waals surface area contributed by atoms with Gasteiger partial charge in [-0.1, -0.05) is 28.9 Å². The van der Waals surface area contributed by atoms with E-state index in [1.165, 1.54) is 0 Å². The fraction of sp³-hybridized carbons (Fsp3) is 0.412. The van der Waals surface area contributed by atoms with Gasteiger partial charge < -0.3 is 14.6 Å². The number of hydrogen-bond donors (Lipinski definition) is 1. The van der Waals surface area contributed by atoms with Gasteiger partial charge in [-0.2, -0.15) is 4.98 Å². The molecule has 7 nitrogen and oxygen atoms in total. The average Bonchev–Trinajstić information content (AvgIpc) is 3.30. The lowest BCUT2D eigenvalue weighted by Gasteiger charge is -2.21. The van der Waals surface area contributed by atoms with Gasteiger partial charge in [-0.25, -0.2) is 0 Å². The molecular weight excluding hydrogens is 344 g/mol. The third-order valence-electron chi connectivity index (χ3n) is 4.48. The number of carbonyl (C=O) groups is 1. The smallest absolute Gasteiger partial charge is 0.316 e. The van der Waals surface area contributed by atoms with Gasteiger partial charge in [0, 0.05) is 37.9 Å². The number of hydrogen-bond acceptors (Lipinski definition) is 6. The van der Waals surface area contributed by atoms with Crippen molar-refractivity contribution in [3.05, 3.63) is 34.4 Å². The van der Waals surface area contributed by atoms with Crippen molar-refractivity contribution in [2.75, 3.05) is 19.8 Å². The summed E-state index contributed by atoms with van der Waals surface area (Å²) in [5.41, 5.74) is 2.35. The number of carbonyl (C=O) groups excluding carboxylic acids is 1. The van der Waals surface area contributed by atoms with Gasteiger partial charge >= 0.3 is 11.8 Å². The molecule has 0 atom stereocenters. The van der Waals surface area contributed by atoms with E-state index in [1.807, 2.05) is 12.2 Å². The van der Waals surface area contributed by atoms with E-state index in [9.17, 15) is 4.79 Å². The predicted molar refractivity (Wildman–Crippen MR) is 91.2 cm³/mol. The van der Waals surface area contributed by atoms with Gasteiger partial charge in [0.15, 0.2) is 0 Å². The number of nitrogens with one attached hydrogen (secondary N) is 1. The number of pyridine rings is 1. The van der Waals surface area contributed by atoms with Crippen LogP contribution in [0.2, 0.25) is 5.02 Å². The molecule has 4 rings (SSSR count). The number of allylic oxidation sites excluding steroid dienone is 1. The lowest BCUT2D eigenvalue weighted by Crippen LogP contribution is -2.32. The molecule has 2 aromatic rings. The summed E-state index contributed by atoms with van der Waals surface area (Å²) in [7, 11) is 0. The number of fused-ring (bicyclic) bond motifs is 1. The van der Waals surface area contributed by atoms with Crippen molar-refractivity contribution < 1.29 is 14.1 Å². The maximum Gasteiger partial charge on any atom is 0.316 e. The summed E-state index contributed by atoms with van der Waals surface area (Å²) < 4.78 is 10.4. The number of nitrogens with zero attached hydrogens (tertiary/aromatic N) is 3. The van der Waals surface area contributed by atoms with Crippen LogP contribution in [0.3, 0.4) is 0 Å². The molecule has 0 spiro atoms. The molecule has 1 N–H and O–H groups in total. The Morgan fingerprint density at radius 3 is 3.04 bits per heavy atom. The van der Waals surface area contributed by atoms with Gasteiger partial charge in [0.05, 0.1) is 16.3 Å². The Labute approximate surface area is 149 Å². The Morgan fingerprint density at radius 1 is 1.36 bits per heavy atom. The molecule has 1 amide bonds. The number of rotatable bonds is 4. The van der Waals surface area contributed by atoms with Crippen LogP contribution < -0.4 is 5.32 Å². The first-order valence-electron chi connectivity index (χ1n) is 8.26. The van der Waals surface area contributed by atoms with Crippen molar-refractivity contribution in [3.63, 3.8) is 0 Å². The lowest BCUT2D eigenvalue weighted by atomic mass is 10.0. The summed E-state index contributed by atoms with van der Waals surface area (Å²) in [6.45, 7) is 2.05. The minimum Gasteiger partial charge on any atom is -0.381 e. The molecule has 1 aliphatic carbocycles. The quantitative estimate of drug-likeness (QED) is 0.901. The summed E-state index contributed by atoms with van der Waals surface area (Å²) in [6.07, 6.45) is 8.19. The van der Waals surface area contributed by atoms with Gasteiger partial charge in [0.25, 0.3) is 0 Å². The fourth-order valence-corrected chi connectivity index (χ4v) is 3.31. The van der Waals surface area contributed by atoms with E-state index in [2.05, 4.69) is 20.4 Å². The minimum atomic E-state index is -0.379. The highest BCUT2D eigenvalue weighted by Gasteiger charge is 2.22. The average molecular weight is 361 g/mol. The summed E-state index contributed by atoms with van der Waals surface area (Å²) >= 11 is 6.41. The van der Waals surface area contributed by atoms with Crippen LogP contribution in [-0.4, -0.2) is 40.8 Å². The normalized spacial score (nSPS) is 16.8. The third-order valence-corrected chi connectivity index (χ3v) is 4.89. The summed E-state index contributed by atoms with van der Waals surface area (Å²) in [4.78, 5) is 20.7. The molecule has 8 heteroatoms. The molecule has 1 fully saturated rings. The van der Waals surface area contributed by atoms with Crippen molar-refractivity contribution in [1.82, 2.24) is 20.4 Å². The number of aromatic nitrogens is 3. The van der Waals surface area contributed by atoms with Gasteiger partial charge in [0.1, 0.15) is 0 Å². The van der Waals surface area contributed by atoms with Crippen molar-refractivity contribution >= 4 is 23.6 Å². The Morgan fingerprint density at radius 2 is 2.20 bits per heavy atom. The number of amides is 1. The van der Waals surface area contributed by atoms with E-state index < -0.39 is 0 Å². The molecule has 0 bridgehead atoms. The highest BCUT2D eigenvalue weighted by Crippen LogP contribution is 2.33. The zero-order chi connectivity index (χ0) is 17.2. The van der Waals surface area contributed by atoms with Crippen LogP contribution in [0.1, 0.15) is 34.8 Å². The van der Waals surface area contributed by atoms with E-state index in [0.717, 1.165) is 43.7 Å². The number of ether oxygens (including phenoxy) is 1. The second-order valence-electron chi connectivity index (χ2n) is 6.14. The van der Waals surface area contributed by atoms with Crippen molar-refractivity contribution in [3.8, 4) is 11.4 Å². The second kappa shape index (κ2) is 6.93. The molecule has 130 valence electrons. The van der Waals surface area contributed by atoms with Crippen LogP contribution in [0, 0.1) is 5.92 Å². The Bertz CT molecular complexity index is 827. The van der Waals surface area contributed by atoms with Crippen molar-refractivity contribution in [1.29, 1.82) is 0 Å². The highest BCUT2D eigenvalue weighted by atomic mass is 35.5. The van der Waals surface area contributed by atoms with E-state index in [1.54, 1.807) is 6.20 Å². The molecule has 3 heterocycles. The molecule has 1 aliphatic heterocycles. The van der Waals surface area contributed by atoms with Crippen LogP contribution in [-0.2, 0) is 11.2 Å². The van der Waals surface area contributed by atoms with Gasteiger partial charge in [-0.15, -0.1) is 0 Å². The van der Waals surface area contributed by atoms with E-state index >= 15 is 0 Å². The van der Waals surface area contributed by atoms with Crippen LogP contribution in [0.4, 0.5) is 0 Å². The minimum absolute atomic E-state index is 0.0748. The van der Waals surface area contributed by atoms with Crippen LogP contribution >= 0.6 is 11.6 Å². The maximum atomic E-state index is 12.2. The molecule has 0 unspecified atom stereocenters. The van der Waals surface area contributed by atoms with E-state index in [4.69, 9.17) is 20.9 Å². The first-order valence-corrected chi connectivity index (χ1v) is 8.64. The van der Waals surface area contributed by atoms with Gasteiger partial charge in [-0.3, -0.25) is 9.78 Å². The van der Waals surface area contributed by atoms with Crippen molar-refractivity contribution in [2.45, 2.75) is 19.3 Å². The Hall–Kier alpha value is -2.25. The third kappa shape index (κ3) is 3.29. The summed E-state index contributed by atoms with van der Waals surface area (Å²) in [5.74, 6) is 0.226. The van der Waals surface area contributed by atoms with E-state index in [-0.39, 0.29) is 17.6 Å². The molecule has 0 saturated carbocycles. The fourth-order valence-electron chi connectivity index (χ4n) is 3.01. The second-order valence-corrected chi connectivity index (χ2v) is 6.52. The van der Waals surface area contributed by atoms with Crippen molar-refractivity contribution in [2.24, 2.45) is 5.92 Å². The molecule has 0 aromatic carbocycles. The molecule has 2 aliphatic rings. The molecule has 2 aromatic heterocycles. The standard InChI is InChI=1S/C17H17ClN4O3/c18-14-11-2-1-3-13(11)19-9-12(14)15-21-17(25-22-15)16(23)20-8-10-4-6-24-7-5-10/h1-2,9-10H,3-8H2,(H,20,23). The number of halogens is 1. The Balaban J connectivity index is 1.47. The zero-order valence-corrected chi connectivity index (χ0v) is 14.3. The van der Waals surface area contributed by atoms with Crippen LogP contribution in [0.5, 0.6) is 0 Å². The first kappa shape index (κ1) is 16.2. The largest absolute Gasteiger partial charge is 0.381 e.